The van der Waals surface area contributed by atoms with Crippen LogP contribution < -0.4 is 10.6 Å². The van der Waals surface area contributed by atoms with Crippen molar-refractivity contribution in [3.63, 3.8) is 0 Å². The van der Waals surface area contributed by atoms with Crippen molar-refractivity contribution in [1.82, 2.24) is 20.4 Å². The second kappa shape index (κ2) is 13.4. The SMILES string of the molecule is C=CCNC(=O)CN1CCN(C(=O)CCC2CCNCC2)CC1.Cl.Cl. The fourth-order valence-electron chi connectivity index (χ4n) is 3.26. The summed E-state index contributed by atoms with van der Waals surface area (Å²) in [6.07, 6.45) is 5.76. The Morgan fingerprint density at radius 1 is 1.12 bits per heavy atom. The lowest BCUT2D eigenvalue weighted by Crippen LogP contribution is -2.51. The average Bonchev–Trinajstić information content (AvgIpc) is 2.59. The fourth-order valence-corrected chi connectivity index (χ4v) is 3.26. The van der Waals surface area contributed by atoms with E-state index in [2.05, 4.69) is 22.1 Å². The van der Waals surface area contributed by atoms with Gasteiger partial charge >= 0.3 is 0 Å². The van der Waals surface area contributed by atoms with Crippen molar-refractivity contribution in [2.75, 3.05) is 52.4 Å². The summed E-state index contributed by atoms with van der Waals surface area (Å²) in [6.45, 7) is 9.71. The number of rotatable bonds is 7. The molecule has 0 aromatic rings. The lowest BCUT2D eigenvalue weighted by atomic mass is 9.93. The Morgan fingerprint density at radius 3 is 2.36 bits per heavy atom. The molecule has 6 nitrogen and oxygen atoms in total. The lowest BCUT2D eigenvalue weighted by molar-refractivity contribution is -0.133. The van der Waals surface area contributed by atoms with Gasteiger partial charge in [-0.05, 0) is 38.3 Å². The van der Waals surface area contributed by atoms with Crippen molar-refractivity contribution in [2.45, 2.75) is 25.7 Å². The second-order valence-corrected chi connectivity index (χ2v) is 6.48. The normalized spacial score (nSPS) is 18.6. The fraction of sp³-hybridized carbons (Fsp3) is 0.765. The third-order valence-electron chi connectivity index (χ3n) is 4.76. The van der Waals surface area contributed by atoms with Crippen LogP contribution in [0.3, 0.4) is 0 Å². The first-order valence-electron chi connectivity index (χ1n) is 8.77. The zero-order chi connectivity index (χ0) is 16.5. The molecule has 25 heavy (non-hydrogen) atoms. The van der Waals surface area contributed by atoms with Crippen molar-refractivity contribution < 1.29 is 9.59 Å². The smallest absolute Gasteiger partial charge is 0.234 e. The van der Waals surface area contributed by atoms with E-state index in [4.69, 9.17) is 0 Å². The van der Waals surface area contributed by atoms with Gasteiger partial charge < -0.3 is 15.5 Å². The first-order valence-corrected chi connectivity index (χ1v) is 8.77. The molecule has 2 heterocycles. The van der Waals surface area contributed by atoms with E-state index in [-0.39, 0.29) is 36.6 Å². The highest BCUT2D eigenvalue weighted by Gasteiger charge is 2.23. The van der Waals surface area contributed by atoms with E-state index in [0.29, 0.717) is 25.4 Å². The third kappa shape index (κ3) is 8.90. The summed E-state index contributed by atoms with van der Waals surface area (Å²) in [7, 11) is 0. The van der Waals surface area contributed by atoms with Crippen LogP contribution in [-0.4, -0.2) is 74.0 Å². The Hall–Kier alpha value is -0.820. The maximum Gasteiger partial charge on any atom is 0.234 e. The number of piperidine rings is 1. The molecule has 0 aliphatic carbocycles. The number of halogens is 2. The number of carbonyl (C=O) groups excluding carboxylic acids is 2. The Balaban J connectivity index is 0.00000288. The quantitative estimate of drug-likeness (QED) is 0.633. The average molecular weight is 395 g/mol. The zero-order valence-corrected chi connectivity index (χ0v) is 16.5. The first-order chi connectivity index (χ1) is 11.2. The summed E-state index contributed by atoms with van der Waals surface area (Å²) < 4.78 is 0. The maximum absolute atomic E-state index is 12.3. The van der Waals surface area contributed by atoms with Crippen LogP contribution in [0.5, 0.6) is 0 Å². The predicted octanol–water partition coefficient (Wildman–Crippen LogP) is 1.06. The molecule has 8 heteroatoms. The Morgan fingerprint density at radius 2 is 1.76 bits per heavy atom. The highest BCUT2D eigenvalue weighted by atomic mass is 35.5. The first kappa shape index (κ1) is 24.2. The van der Waals surface area contributed by atoms with Crippen LogP contribution >= 0.6 is 24.8 Å². The molecule has 0 aromatic carbocycles. The molecule has 2 rings (SSSR count). The van der Waals surface area contributed by atoms with E-state index in [0.717, 1.165) is 45.7 Å². The van der Waals surface area contributed by atoms with Crippen LogP contribution in [0.1, 0.15) is 25.7 Å². The van der Waals surface area contributed by atoms with E-state index in [1.807, 2.05) is 4.90 Å². The van der Waals surface area contributed by atoms with Gasteiger partial charge in [0.2, 0.25) is 11.8 Å². The molecule has 2 fully saturated rings. The highest BCUT2D eigenvalue weighted by molar-refractivity contribution is 5.85. The number of amides is 2. The van der Waals surface area contributed by atoms with E-state index >= 15 is 0 Å². The number of carbonyl (C=O) groups is 2. The molecular formula is C17H32Cl2N4O2. The van der Waals surface area contributed by atoms with E-state index in [1.54, 1.807) is 6.08 Å². The van der Waals surface area contributed by atoms with Crippen LogP contribution in [0.4, 0.5) is 0 Å². The number of hydrogen-bond donors (Lipinski definition) is 2. The van der Waals surface area contributed by atoms with Crippen molar-refractivity contribution in [1.29, 1.82) is 0 Å². The number of hydrogen-bond acceptors (Lipinski definition) is 4. The summed E-state index contributed by atoms with van der Waals surface area (Å²) in [5.41, 5.74) is 0. The van der Waals surface area contributed by atoms with Gasteiger partial charge in [-0.25, -0.2) is 0 Å². The van der Waals surface area contributed by atoms with Gasteiger partial charge in [-0.1, -0.05) is 6.08 Å². The van der Waals surface area contributed by atoms with E-state index < -0.39 is 0 Å². The summed E-state index contributed by atoms with van der Waals surface area (Å²) in [5, 5.41) is 6.15. The van der Waals surface area contributed by atoms with Gasteiger partial charge in [0.1, 0.15) is 0 Å². The van der Waals surface area contributed by atoms with E-state index in [1.165, 1.54) is 12.8 Å². The van der Waals surface area contributed by atoms with E-state index in [9.17, 15) is 9.59 Å². The molecule has 0 spiro atoms. The van der Waals surface area contributed by atoms with Gasteiger partial charge in [-0.15, -0.1) is 31.4 Å². The second-order valence-electron chi connectivity index (χ2n) is 6.48. The highest BCUT2D eigenvalue weighted by Crippen LogP contribution is 2.18. The summed E-state index contributed by atoms with van der Waals surface area (Å²) in [5.74, 6) is 1.00. The van der Waals surface area contributed by atoms with Gasteiger partial charge in [-0.3, -0.25) is 14.5 Å². The van der Waals surface area contributed by atoms with Gasteiger partial charge in [0.15, 0.2) is 0 Å². The van der Waals surface area contributed by atoms with Crippen LogP contribution in [0.25, 0.3) is 0 Å². The van der Waals surface area contributed by atoms with Crippen LogP contribution in [-0.2, 0) is 9.59 Å². The molecule has 0 saturated carbocycles. The van der Waals surface area contributed by atoms with Gasteiger partial charge in [0, 0.05) is 39.1 Å². The van der Waals surface area contributed by atoms with Crippen molar-refractivity contribution in [2.24, 2.45) is 5.92 Å². The number of nitrogens with one attached hydrogen (secondary N) is 2. The molecule has 0 radical (unpaired) electrons. The molecule has 146 valence electrons. The number of piperazine rings is 1. The monoisotopic (exact) mass is 394 g/mol. The van der Waals surface area contributed by atoms with Crippen LogP contribution in [0.2, 0.25) is 0 Å². The standard InChI is InChI=1S/C17H30N4O2.2ClH/c1-2-7-19-16(22)14-20-10-12-21(13-11-20)17(23)4-3-15-5-8-18-9-6-15;;/h2,15,18H,1,3-14H2,(H,19,22);2*1H. The molecule has 0 unspecified atom stereocenters. The molecule has 2 aliphatic rings. The largest absolute Gasteiger partial charge is 0.352 e. The Kier molecular flexibility index (Phi) is 13.0. The Bertz CT molecular complexity index is 409. The van der Waals surface area contributed by atoms with Crippen molar-refractivity contribution >= 4 is 36.6 Å². The molecular weight excluding hydrogens is 363 g/mol. The zero-order valence-electron chi connectivity index (χ0n) is 14.9. The van der Waals surface area contributed by atoms with Gasteiger partial charge in [0.25, 0.3) is 0 Å². The van der Waals surface area contributed by atoms with Crippen LogP contribution in [0.15, 0.2) is 12.7 Å². The maximum atomic E-state index is 12.3. The minimum Gasteiger partial charge on any atom is -0.352 e. The summed E-state index contributed by atoms with van der Waals surface area (Å²) in [4.78, 5) is 28.1. The van der Waals surface area contributed by atoms with Crippen LogP contribution in [0, 0.1) is 5.92 Å². The minimum absolute atomic E-state index is 0. The molecule has 0 bridgehead atoms. The Labute approximate surface area is 163 Å². The van der Waals surface area contributed by atoms with Gasteiger partial charge in [-0.2, -0.15) is 0 Å². The molecule has 2 aliphatic heterocycles. The molecule has 0 aromatic heterocycles. The molecule has 2 saturated heterocycles. The summed E-state index contributed by atoms with van der Waals surface area (Å²) in [6, 6.07) is 0. The topological polar surface area (TPSA) is 64.7 Å². The molecule has 2 amide bonds. The molecule has 0 atom stereocenters. The summed E-state index contributed by atoms with van der Waals surface area (Å²) >= 11 is 0. The number of nitrogens with zero attached hydrogens (tertiary/aromatic N) is 2. The van der Waals surface area contributed by atoms with Crippen molar-refractivity contribution in [3.05, 3.63) is 12.7 Å². The lowest BCUT2D eigenvalue weighted by Gasteiger charge is -2.34. The predicted molar refractivity (Wildman–Crippen MR) is 106 cm³/mol. The van der Waals surface area contributed by atoms with Crippen molar-refractivity contribution in [3.8, 4) is 0 Å². The third-order valence-corrected chi connectivity index (χ3v) is 4.76. The van der Waals surface area contributed by atoms with Gasteiger partial charge in [0.05, 0.1) is 6.54 Å². The molecule has 2 N–H and O–H groups in total. The minimum atomic E-state index is 0.